The van der Waals surface area contributed by atoms with E-state index in [4.69, 9.17) is 0 Å². The van der Waals surface area contributed by atoms with E-state index >= 15 is 0 Å². The van der Waals surface area contributed by atoms with Crippen LogP contribution in [-0.2, 0) is 16.9 Å². The number of anilines is 2. The van der Waals surface area contributed by atoms with Crippen molar-refractivity contribution in [3.63, 3.8) is 0 Å². The first kappa shape index (κ1) is 15.5. The van der Waals surface area contributed by atoms with Crippen LogP contribution in [0.3, 0.4) is 0 Å². The number of aromatic nitrogens is 2. The summed E-state index contributed by atoms with van der Waals surface area (Å²) in [6.07, 6.45) is 4.24. The van der Waals surface area contributed by atoms with Crippen LogP contribution in [0.25, 0.3) is 0 Å². The van der Waals surface area contributed by atoms with Gasteiger partial charge in [0.2, 0.25) is 5.91 Å². The van der Waals surface area contributed by atoms with Crippen molar-refractivity contribution in [2.75, 3.05) is 16.8 Å². The lowest BCUT2D eigenvalue weighted by molar-refractivity contribution is -0.115. The Bertz CT molecular complexity index is 732. The molecule has 5 nitrogen and oxygen atoms in total. The number of hydrogen-bond donors (Lipinski definition) is 1. The van der Waals surface area contributed by atoms with E-state index in [9.17, 15) is 9.18 Å². The van der Waals surface area contributed by atoms with Gasteiger partial charge in [-0.25, -0.2) is 4.39 Å². The minimum atomic E-state index is -0.355. The molecule has 0 fully saturated rings. The molecule has 0 radical (unpaired) electrons. The smallest absolute Gasteiger partial charge is 0.226 e. The van der Waals surface area contributed by atoms with Crippen LogP contribution in [0.15, 0.2) is 30.6 Å². The molecule has 6 heteroatoms. The van der Waals surface area contributed by atoms with Gasteiger partial charge in [0.1, 0.15) is 5.82 Å². The van der Waals surface area contributed by atoms with Gasteiger partial charge in [0.25, 0.3) is 0 Å². The average Bonchev–Trinajstić information content (AvgIpc) is 2.87. The van der Waals surface area contributed by atoms with Crippen molar-refractivity contribution in [1.29, 1.82) is 0 Å². The Labute approximate surface area is 135 Å². The van der Waals surface area contributed by atoms with E-state index < -0.39 is 0 Å². The highest BCUT2D eigenvalue weighted by Gasteiger charge is 2.21. The molecule has 1 aromatic heterocycles. The maximum atomic E-state index is 13.5. The molecule has 2 heterocycles. The molecule has 23 heavy (non-hydrogen) atoms. The minimum Gasteiger partial charge on any atom is -0.365 e. The molecule has 0 atom stereocenters. The van der Waals surface area contributed by atoms with Crippen LogP contribution in [0.1, 0.15) is 32.8 Å². The predicted octanol–water partition coefficient (Wildman–Crippen LogP) is 3.13. The number of amides is 1. The number of carbonyl (C=O) groups excluding carboxylic acids is 1. The summed E-state index contributed by atoms with van der Waals surface area (Å²) in [4.78, 5) is 13.9. The van der Waals surface area contributed by atoms with Gasteiger partial charge in [0.15, 0.2) is 0 Å². The number of fused-ring (bicyclic) bond motifs is 1. The number of carbonyl (C=O) groups is 1. The van der Waals surface area contributed by atoms with Gasteiger partial charge in [-0.05, 0) is 39.0 Å². The van der Waals surface area contributed by atoms with Crippen LogP contribution in [0.4, 0.5) is 15.8 Å². The van der Waals surface area contributed by atoms with Crippen LogP contribution < -0.4 is 10.2 Å². The molecule has 1 N–H and O–H groups in total. The second kappa shape index (κ2) is 5.68. The van der Waals surface area contributed by atoms with E-state index in [1.165, 1.54) is 12.1 Å². The molecule has 1 aliphatic rings. The SMILES string of the molecule is CC(C)(C)n1cc(CN2CCC(=O)Nc3cc(F)ccc32)cn1. The summed E-state index contributed by atoms with van der Waals surface area (Å²) in [5.41, 5.74) is 2.34. The summed E-state index contributed by atoms with van der Waals surface area (Å²) in [7, 11) is 0. The summed E-state index contributed by atoms with van der Waals surface area (Å²) in [6, 6.07) is 4.50. The molecule has 0 bridgehead atoms. The van der Waals surface area contributed by atoms with Crippen molar-refractivity contribution in [2.24, 2.45) is 0 Å². The second-order valence-electron chi connectivity index (χ2n) is 6.85. The number of benzene rings is 1. The number of rotatable bonds is 2. The first-order chi connectivity index (χ1) is 10.8. The van der Waals surface area contributed by atoms with Crippen molar-refractivity contribution < 1.29 is 9.18 Å². The summed E-state index contributed by atoms with van der Waals surface area (Å²) >= 11 is 0. The predicted molar refractivity (Wildman–Crippen MR) is 87.9 cm³/mol. The maximum absolute atomic E-state index is 13.5. The molecule has 1 aliphatic heterocycles. The molecule has 1 amide bonds. The zero-order valence-electron chi connectivity index (χ0n) is 13.6. The Morgan fingerprint density at radius 2 is 2.13 bits per heavy atom. The van der Waals surface area contributed by atoms with Crippen molar-refractivity contribution in [3.8, 4) is 0 Å². The largest absolute Gasteiger partial charge is 0.365 e. The summed E-state index contributed by atoms with van der Waals surface area (Å²) in [5.74, 6) is -0.448. The van der Waals surface area contributed by atoms with E-state index in [0.717, 1.165) is 11.3 Å². The third-order valence-corrected chi connectivity index (χ3v) is 3.88. The van der Waals surface area contributed by atoms with Gasteiger partial charge in [-0.2, -0.15) is 5.10 Å². The monoisotopic (exact) mass is 316 g/mol. The zero-order chi connectivity index (χ0) is 16.6. The van der Waals surface area contributed by atoms with Gasteiger partial charge >= 0.3 is 0 Å². The quantitative estimate of drug-likeness (QED) is 0.926. The highest BCUT2D eigenvalue weighted by atomic mass is 19.1. The molecule has 1 aromatic carbocycles. The molecular formula is C17H21FN4O. The number of halogens is 1. The molecule has 0 aliphatic carbocycles. The fraction of sp³-hybridized carbons (Fsp3) is 0.412. The van der Waals surface area contributed by atoms with Gasteiger partial charge < -0.3 is 10.2 Å². The molecule has 0 saturated carbocycles. The van der Waals surface area contributed by atoms with E-state index in [2.05, 4.69) is 36.1 Å². The Morgan fingerprint density at radius 3 is 2.83 bits per heavy atom. The van der Waals surface area contributed by atoms with E-state index in [1.807, 2.05) is 17.1 Å². The summed E-state index contributed by atoms with van der Waals surface area (Å²) in [6.45, 7) is 7.50. The van der Waals surface area contributed by atoms with Crippen molar-refractivity contribution in [2.45, 2.75) is 39.3 Å². The first-order valence-electron chi connectivity index (χ1n) is 7.71. The third-order valence-electron chi connectivity index (χ3n) is 3.88. The maximum Gasteiger partial charge on any atom is 0.226 e. The second-order valence-corrected chi connectivity index (χ2v) is 6.85. The normalized spacial score (nSPS) is 15.1. The van der Waals surface area contributed by atoms with Crippen LogP contribution >= 0.6 is 0 Å². The number of nitrogens with one attached hydrogen (secondary N) is 1. The van der Waals surface area contributed by atoms with E-state index in [0.29, 0.717) is 25.2 Å². The first-order valence-corrected chi connectivity index (χ1v) is 7.71. The molecule has 0 saturated heterocycles. The minimum absolute atomic E-state index is 0.0738. The number of nitrogens with zero attached hydrogens (tertiary/aromatic N) is 3. The topological polar surface area (TPSA) is 50.2 Å². The molecule has 0 unspecified atom stereocenters. The van der Waals surface area contributed by atoms with Crippen LogP contribution in [-0.4, -0.2) is 22.2 Å². The van der Waals surface area contributed by atoms with E-state index in [1.54, 1.807) is 6.07 Å². The lowest BCUT2D eigenvalue weighted by Gasteiger charge is -2.23. The molecular weight excluding hydrogens is 295 g/mol. The van der Waals surface area contributed by atoms with Gasteiger partial charge in [0, 0.05) is 31.3 Å². The van der Waals surface area contributed by atoms with Crippen molar-refractivity contribution >= 4 is 17.3 Å². The average molecular weight is 316 g/mol. The number of hydrogen-bond acceptors (Lipinski definition) is 3. The fourth-order valence-electron chi connectivity index (χ4n) is 2.65. The van der Waals surface area contributed by atoms with Crippen LogP contribution in [0, 0.1) is 5.82 Å². The van der Waals surface area contributed by atoms with E-state index in [-0.39, 0.29) is 17.3 Å². The highest BCUT2D eigenvalue weighted by molar-refractivity contribution is 5.96. The Kier molecular flexibility index (Phi) is 3.83. The lowest BCUT2D eigenvalue weighted by Crippen LogP contribution is -2.24. The third kappa shape index (κ3) is 3.36. The van der Waals surface area contributed by atoms with Crippen LogP contribution in [0.2, 0.25) is 0 Å². The van der Waals surface area contributed by atoms with Gasteiger partial charge in [0.05, 0.1) is 23.1 Å². The van der Waals surface area contributed by atoms with Crippen molar-refractivity contribution in [3.05, 3.63) is 42.0 Å². The standard InChI is InChI=1S/C17H21FN4O/c1-17(2,3)22-11-12(9-19-22)10-21-7-6-16(23)20-14-8-13(18)4-5-15(14)21/h4-5,8-9,11H,6-7,10H2,1-3H3,(H,20,23). The summed E-state index contributed by atoms with van der Waals surface area (Å²) in [5, 5.41) is 7.18. The molecule has 3 rings (SSSR count). The van der Waals surface area contributed by atoms with Crippen molar-refractivity contribution in [1.82, 2.24) is 9.78 Å². The molecule has 0 spiro atoms. The molecule has 122 valence electrons. The van der Waals surface area contributed by atoms with Gasteiger partial charge in [-0.15, -0.1) is 0 Å². The fourth-order valence-corrected chi connectivity index (χ4v) is 2.65. The molecule has 2 aromatic rings. The summed E-state index contributed by atoms with van der Waals surface area (Å²) < 4.78 is 15.4. The Morgan fingerprint density at radius 1 is 1.35 bits per heavy atom. The highest BCUT2D eigenvalue weighted by Crippen LogP contribution is 2.30. The Hall–Kier alpha value is -2.37. The zero-order valence-corrected chi connectivity index (χ0v) is 13.6. The van der Waals surface area contributed by atoms with Crippen LogP contribution in [0.5, 0.6) is 0 Å². The van der Waals surface area contributed by atoms with Gasteiger partial charge in [-0.3, -0.25) is 9.48 Å². The lowest BCUT2D eigenvalue weighted by atomic mass is 10.1. The Balaban J connectivity index is 1.88. The van der Waals surface area contributed by atoms with Gasteiger partial charge in [-0.1, -0.05) is 0 Å².